The Kier molecular flexibility index (Phi) is 5.07. The molecule has 3 saturated heterocycles. The summed E-state index contributed by atoms with van der Waals surface area (Å²) >= 11 is 0. The number of carbonyl (C=O) groups is 2. The molecule has 2 aromatic rings. The Morgan fingerprint density at radius 3 is 2.64 bits per heavy atom. The minimum Gasteiger partial charge on any atom is -0.333 e. The smallest absolute Gasteiger partial charge is 0.319 e. The Morgan fingerprint density at radius 2 is 1.89 bits per heavy atom. The molecule has 0 saturated carbocycles. The van der Waals surface area contributed by atoms with Crippen molar-refractivity contribution in [2.45, 2.75) is 25.4 Å². The van der Waals surface area contributed by atoms with Crippen molar-refractivity contribution in [3.8, 4) is 0 Å². The van der Waals surface area contributed by atoms with E-state index in [0.29, 0.717) is 31.1 Å². The predicted molar refractivity (Wildman–Crippen MR) is 106 cm³/mol. The van der Waals surface area contributed by atoms with Gasteiger partial charge in [0.2, 0.25) is 0 Å². The summed E-state index contributed by atoms with van der Waals surface area (Å²) in [7, 11) is 3.55. The largest absolute Gasteiger partial charge is 0.333 e. The van der Waals surface area contributed by atoms with Crippen LogP contribution in [-0.2, 0) is 6.54 Å². The van der Waals surface area contributed by atoms with E-state index in [0.717, 1.165) is 24.9 Å². The van der Waals surface area contributed by atoms with Crippen molar-refractivity contribution in [2.24, 2.45) is 5.92 Å². The van der Waals surface area contributed by atoms with Gasteiger partial charge in [0.25, 0.3) is 5.91 Å². The van der Waals surface area contributed by atoms with Gasteiger partial charge in [-0.3, -0.25) is 9.48 Å². The minimum atomic E-state index is 0.0214. The van der Waals surface area contributed by atoms with Crippen LogP contribution in [0, 0.1) is 5.92 Å². The van der Waals surface area contributed by atoms with Gasteiger partial charge in [-0.1, -0.05) is 30.3 Å². The SMILES string of the molecule is CN(C)C(=O)N1C[C@@H]2CC[C@H](C1)N(C(=O)c1cnn(Cc3ccccc3)c1)C2. The van der Waals surface area contributed by atoms with Crippen LogP contribution in [0.3, 0.4) is 0 Å². The lowest BCUT2D eigenvalue weighted by atomic mass is 9.94. The maximum absolute atomic E-state index is 13.2. The molecular formula is C21H27N5O2. The number of rotatable bonds is 3. The van der Waals surface area contributed by atoms with Gasteiger partial charge >= 0.3 is 6.03 Å². The minimum absolute atomic E-state index is 0.0214. The fraction of sp³-hybridized carbons (Fsp3) is 0.476. The van der Waals surface area contributed by atoms with Gasteiger partial charge in [0, 0.05) is 46.0 Å². The first-order valence-electron chi connectivity index (χ1n) is 9.85. The first kappa shape index (κ1) is 18.5. The summed E-state index contributed by atoms with van der Waals surface area (Å²) in [6, 6.07) is 10.2. The zero-order valence-corrected chi connectivity index (χ0v) is 16.5. The van der Waals surface area contributed by atoms with Gasteiger partial charge in [-0.2, -0.15) is 5.10 Å². The first-order chi connectivity index (χ1) is 13.5. The van der Waals surface area contributed by atoms with Crippen LogP contribution in [0.25, 0.3) is 0 Å². The fourth-order valence-corrected chi connectivity index (χ4v) is 4.27. The Bertz CT molecular complexity index is 847. The van der Waals surface area contributed by atoms with Crippen molar-refractivity contribution < 1.29 is 9.59 Å². The van der Waals surface area contributed by atoms with E-state index in [9.17, 15) is 9.59 Å². The quantitative estimate of drug-likeness (QED) is 0.818. The van der Waals surface area contributed by atoms with Crippen molar-refractivity contribution in [1.82, 2.24) is 24.5 Å². The van der Waals surface area contributed by atoms with Crippen LogP contribution in [0.2, 0.25) is 0 Å². The molecule has 3 amide bonds. The Balaban J connectivity index is 1.47. The number of nitrogens with zero attached hydrogens (tertiary/aromatic N) is 5. The van der Waals surface area contributed by atoms with Crippen molar-refractivity contribution >= 4 is 11.9 Å². The number of fused-ring (bicyclic) bond motifs is 4. The molecule has 0 unspecified atom stereocenters. The average molecular weight is 381 g/mol. The first-order valence-corrected chi connectivity index (χ1v) is 9.85. The molecule has 5 rings (SSSR count). The van der Waals surface area contributed by atoms with Crippen LogP contribution in [0.1, 0.15) is 28.8 Å². The second kappa shape index (κ2) is 7.66. The van der Waals surface area contributed by atoms with E-state index in [2.05, 4.69) is 5.10 Å². The molecule has 3 aliphatic heterocycles. The number of carbonyl (C=O) groups excluding carboxylic acids is 2. The van der Waals surface area contributed by atoms with Gasteiger partial charge in [0.15, 0.2) is 0 Å². The summed E-state index contributed by atoms with van der Waals surface area (Å²) in [5.41, 5.74) is 1.77. The monoisotopic (exact) mass is 381 g/mol. The normalized spacial score (nSPS) is 21.5. The van der Waals surface area contributed by atoms with Crippen LogP contribution < -0.4 is 0 Å². The van der Waals surface area contributed by atoms with Gasteiger partial charge in [-0.05, 0) is 24.3 Å². The summed E-state index contributed by atoms with van der Waals surface area (Å²) in [5, 5.41) is 4.38. The highest BCUT2D eigenvalue weighted by molar-refractivity contribution is 5.94. The van der Waals surface area contributed by atoms with E-state index in [-0.39, 0.29) is 18.0 Å². The number of piperidine rings is 1. The molecule has 2 atom stereocenters. The zero-order chi connectivity index (χ0) is 19.7. The third kappa shape index (κ3) is 3.74. The molecule has 28 heavy (non-hydrogen) atoms. The maximum atomic E-state index is 13.2. The van der Waals surface area contributed by atoms with Crippen LogP contribution in [-0.4, -0.2) is 76.2 Å². The molecule has 0 aliphatic carbocycles. The van der Waals surface area contributed by atoms with Crippen molar-refractivity contribution in [2.75, 3.05) is 33.7 Å². The second-order valence-electron chi connectivity index (χ2n) is 8.05. The van der Waals surface area contributed by atoms with E-state index < -0.39 is 0 Å². The van der Waals surface area contributed by atoms with E-state index in [1.165, 1.54) is 0 Å². The molecule has 3 aliphatic rings. The number of amides is 3. The molecule has 0 N–H and O–H groups in total. The summed E-state index contributed by atoms with van der Waals surface area (Å²) in [5.74, 6) is 0.360. The molecule has 0 spiro atoms. The summed E-state index contributed by atoms with van der Waals surface area (Å²) in [4.78, 5) is 31.1. The van der Waals surface area contributed by atoms with Gasteiger partial charge in [-0.25, -0.2) is 4.79 Å². The topological polar surface area (TPSA) is 61.7 Å². The second-order valence-corrected chi connectivity index (χ2v) is 8.05. The molecule has 7 heteroatoms. The molecule has 0 radical (unpaired) electrons. The molecule has 3 fully saturated rings. The molecule has 1 aromatic heterocycles. The van der Waals surface area contributed by atoms with Gasteiger partial charge in [-0.15, -0.1) is 0 Å². The van der Waals surface area contributed by atoms with E-state index >= 15 is 0 Å². The Hall–Kier alpha value is -2.83. The maximum Gasteiger partial charge on any atom is 0.319 e. The van der Waals surface area contributed by atoms with Crippen molar-refractivity contribution in [3.63, 3.8) is 0 Å². The number of urea groups is 1. The van der Waals surface area contributed by atoms with Crippen LogP contribution >= 0.6 is 0 Å². The lowest BCUT2D eigenvalue weighted by Crippen LogP contribution is -2.48. The molecule has 2 bridgehead atoms. The Morgan fingerprint density at radius 1 is 1.11 bits per heavy atom. The third-order valence-corrected chi connectivity index (χ3v) is 5.70. The molecule has 148 valence electrons. The van der Waals surface area contributed by atoms with Crippen LogP contribution in [0.5, 0.6) is 0 Å². The predicted octanol–water partition coefficient (Wildman–Crippen LogP) is 2.15. The Labute approximate surface area is 165 Å². The lowest BCUT2D eigenvalue weighted by molar-refractivity contribution is 0.0585. The van der Waals surface area contributed by atoms with Crippen LogP contribution in [0.4, 0.5) is 4.79 Å². The van der Waals surface area contributed by atoms with Crippen molar-refractivity contribution in [3.05, 3.63) is 53.9 Å². The molecule has 7 nitrogen and oxygen atoms in total. The fourth-order valence-electron chi connectivity index (χ4n) is 4.27. The molecule has 4 heterocycles. The summed E-state index contributed by atoms with van der Waals surface area (Å²) < 4.78 is 1.81. The number of benzene rings is 1. The van der Waals surface area contributed by atoms with Gasteiger partial charge < -0.3 is 14.7 Å². The lowest BCUT2D eigenvalue weighted by Gasteiger charge is -2.35. The average Bonchev–Trinajstić information content (AvgIpc) is 2.96. The highest BCUT2D eigenvalue weighted by Gasteiger charge is 2.39. The number of hydrogen-bond acceptors (Lipinski definition) is 3. The molecule has 1 aromatic carbocycles. The summed E-state index contributed by atoms with van der Waals surface area (Å²) in [6.45, 7) is 2.69. The van der Waals surface area contributed by atoms with E-state index in [1.807, 2.05) is 46.3 Å². The number of aromatic nitrogens is 2. The van der Waals surface area contributed by atoms with Gasteiger partial charge in [0.1, 0.15) is 0 Å². The standard InChI is InChI=1S/C21H27N5O2/c1-23(2)21(28)24-11-17-8-9-19(15-24)26(13-17)20(27)18-10-22-25(14-18)12-16-6-4-3-5-7-16/h3-7,10,14,17,19H,8-9,11-13,15H2,1-2H3/t17-,19+/m0/s1. The third-order valence-electron chi connectivity index (χ3n) is 5.70. The highest BCUT2D eigenvalue weighted by atomic mass is 16.2. The van der Waals surface area contributed by atoms with Crippen LogP contribution in [0.15, 0.2) is 42.7 Å². The van der Waals surface area contributed by atoms with Gasteiger partial charge in [0.05, 0.1) is 18.3 Å². The van der Waals surface area contributed by atoms with Crippen molar-refractivity contribution in [1.29, 1.82) is 0 Å². The summed E-state index contributed by atoms with van der Waals surface area (Å²) in [6.07, 6.45) is 5.51. The molecular weight excluding hydrogens is 354 g/mol. The van der Waals surface area contributed by atoms with E-state index in [4.69, 9.17) is 0 Å². The number of hydrogen-bond donors (Lipinski definition) is 0. The highest BCUT2D eigenvalue weighted by Crippen LogP contribution is 2.29. The van der Waals surface area contributed by atoms with E-state index in [1.54, 1.807) is 29.9 Å². The zero-order valence-electron chi connectivity index (χ0n) is 16.5.